The Bertz CT molecular complexity index is 1020. The molecule has 4 rings (SSSR count). The summed E-state index contributed by atoms with van der Waals surface area (Å²) >= 11 is 6.45. The Kier molecular flexibility index (Phi) is 5.81. The molecule has 0 spiro atoms. The first-order chi connectivity index (χ1) is 14.0. The Hall–Kier alpha value is -2.47. The minimum Gasteiger partial charge on any atom is -0.367 e. The predicted octanol–water partition coefficient (Wildman–Crippen LogP) is 5.18. The van der Waals surface area contributed by atoms with Gasteiger partial charge in [0.25, 0.3) is 0 Å². The van der Waals surface area contributed by atoms with Crippen molar-refractivity contribution >= 4 is 34.2 Å². The van der Waals surface area contributed by atoms with Gasteiger partial charge in [0.05, 0.1) is 16.5 Å². The number of hydrogen-bond donors (Lipinski definition) is 2. The van der Waals surface area contributed by atoms with Gasteiger partial charge in [-0.1, -0.05) is 43.7 Å². The van der Waals surface area contributed by atoms with Crippen molar-refractivity contribution in [2.75, 3.05) is 5.32 Å². The normalized spacial score (nSPS) is 15.2. The number of anilines is 1. The summed E-state index contributed by atoms with van der Waals surface area (Å²) in [5, 5.41) is 4.21. The smallest absolute Gasteiger partial charge is 0.198 e. The van der Waals surface area contributed by atoms with E-state index in [0.29, 0.717) is 33.9 Å². The van der Waals surface area contributed by atoms with Gasteiger partial charge in [-0.25, -0.2) is 15.0 Å². The molecule has 7 heteroatoms. The van der Waals surface area contributed by atoms with Crippen LogP contribution in [0, 0.1) is 5.92 Å². The maximum absolute atomic E-state index is 13.3. The molecule has 0 saturated heterocycles. The van der Waals surface area contributed by atoms with Gasteiger partial charge >= 0.3 is 0 Å². The summed E-state index contributed by atoms with van der Waals surface area (Å²) in [5.74, 6) is 1.12. The average Bonchev–Trinajstić information content (AvgIpc) is 3.13. The van der Waals surface area contributed by atoms with E-state index >= 15 is 0 Å². The number of aromatic amines is 1. The van der Waals surface area contributed by atoms with Gasteiger partial charge in [0.15, 0.2) is 5.78 Å². The topological polar surface area (TPSA) is 83.6 Å². The highest BCUT2D eigenvalue weighted by atomic mass is 35.5. The highest BCUT2D eigenvalue weighted by Gasteiger charge is 2.22. The van der Waals surface area contributed by atoms with Crippen LogP contribution in [0.1, 0.15) is 67.6 Å². The first-order valence-electron chi connectivity index (χ1n) is 10.3. The van der Waals surface area contributed by atoms with E-state index in [1.54, 1.807) is 12.3 Å². The molecule has 3 aromatic heterocycles. The maximum Gasteiger partial charge on any atom is 0.198 e. The molecule has 1 saturated carbocycles. The van der Waals surface area contributed by atoms with Gasteiger partial charge in [-0.3, -0.25) is 4.79 Å². The molecule has 0 bridgehead atoms. The van der Waals surface area contributed by atoms with Gasteiger partial charge < -0.3 is 10.3 Å². The molecule has 6 nitrogen and oxygen atoms in total. The van der Waals surface area contributed by atoms with Crippen LogP contribution in [0.5, 0.6) is 0 Å². The van der Waals surface area contributed by atoms with E-state index in [1.807, 2.05) is 19.9 Å². The SMILES string of the molecule is CC(C)Nc1ncnc2[nH]cc(C(=O)c3ccc(CC4CCCCC4)nc3Cl)c12. The van der Waals surface area contributed by atoms with E-state index in [4.69, 9.17) is 11.6 Å². The summed E-state index contributed by atoms with van der Waals surface area (Å²) in [5.41, 5.74) is 2.47. The van der Waals surface area contributed by atoms with Crippen molar-refractivity contribution in [1.82, 2.24) is 19.9 Å². The van der Waals surface area contributed by atoms with Crippen molar-refractivity contribution in [3.63, 3.8) is 0 Å². The van der Waals surface area contributed by atoms with Gasteiger partial charge in [-0.05, 0) is 38.3 Å². The van der Waals surface area contributed by atoms with Gasteiger partial charge in [-0.15, -0.1) is 0 Å². The molecule has 0 radical (unpaired) electrons. The van der Waals surface area contributed by atoms with Crippen LogP contribution in [0.3, 0.4) is 0 Å². The first-order valence-corrected chi connectivity index (χ1v) is 10.7. The zero-order chi connectivity index (χ0) is 20.4. The third-order valence-electron chi connectivity index (χ3n) is 5.51. The molecule has 0 unspecified atom stereocenters. The van der Waals surface area contributed by atoms with E-state index in [1.165, 1.54) is 38.4 Å². The summed E-state index contributed by atoms with van der Waals surface area (Å²) in [7, 11) is 0. The molecule has 1 fully saturated rings. The maximum atomic E-state index is 13.3. The minimum atomic E-state index is -0.181. The molecular formula is C22H26ClN5O. The molecule has 152 valence electrons. The zero-order valence-corrected chi connectivity index (χ0v) is 17.6. The van der Waals surface area contributed by atoms with Crippen molar-refractivity contribution in [2.24, 2.45) is 5.92 Å². The lowest BCUT2D eigenvalue weighted by Crippen LogP contribution is -2.13. The molecule has 29 heavy (non-hydrogen) atoms. The lowest BCUT2D eigenvalue weighted by Gasteiger charge is -2.21. The van der Waals surface area contributed by atoms with Gasteiger partial charge in [0.2, 0.25) is 0 Å². The van der Waals surface area contributed by atoms with E-state index in [-0.39, 0.29) is 17.0 Å². The zero-order valence-electron chi connectivity index (χ0n) is 16.8. The Morgan fingerprint density at radius 2 is 2.00 bits per heavy atom. The number of nitrogens with zero attached hydrogens (tertiary/aromatic N) is 3. The predicted molar refractivity (Wildman–Crippen MR) is 116 cm³/mol. The second-order valence-electron chi connectivity index (χ2n) is 8.13. The number of carbonyl (C=O) groups is 1. The summed E-state index contributed by atoms with van der Waals surface area (Å²) < 4.78 is 0. The standard InChI is InChI=1S/C22H26ClN5O/c1-13(2)27-22-18-17(11-24-21(18)25-12-26-22)19(29)16-9-8-15(28-20(16)23)10-14-6-4-3-5-7-14/h8-9,11-14H,3-7,10H2,1-2H3,(H2,24,25,26,27). The van der Waals surface area contributed by atoms with Crippen LogP contribution >= 0.6 is 11.6 Å². The number of hydrogen-bond acceptors (Lipinski definition) is 5. The average molecular weight is 412 g/mol. The quantitative estimate of drug-likeness (QED) is 0.431. The molecule has 0 atom stereocenters. The number of pyridine rings is 1. The van der Waals surface area contributed by atoms with Crippen LogP contribution in [-0.2, 0) is 6.42 Å². The van der Waals surface area contributed by atoms with Crippen molar-refractivity contribution in [1.29, 1.82) is 0 Å². The molecule has 1 aliphatic rings. The van der Waals surface area contributed by atoms with Crippen LogP contribution in [-0.4, -0.2) is 31.8 Å². The fraction of sp³-hybridized carbons (Fsp3) is 0.455. The lowest BCUT2D eigenvalue weighted by molar-refractivity contribution is 0.104. The molecule has 3 aromatic rings. The Morgan fingerprint density at radius 1 is 1.21 bits per heavy atom. The number of ketones is 1. The van der Waals surface area contributed by atoms with Gasteiger partial charge in [0.1, 0.15) is 22.9 Å². The first kappa shape index (κ1) is 19.8. The highest BCUT2D eigenvalue weighted by Crippen LogP contribution is 2.29. The highest BCUT2D eigenvalue weighted by molar-refractivity contribution is 6.34. The third kappa shape index (κ3) is 4.27. The number of rotatable bonds is 6. The molecule has 0 aliphatic heterocycles. The number of halogens is 1. The Balaban J connectivity index is 1.62. The molecule has 0 amide bonds. The molecule has 1 aliphatic carbocycles. The van der Waals surface area contributed by atoms with Crippen molar-refractivity contribution in [3.05, 3.63) is 46.6 Å². The fourth-order valence-corrected chi connectivity index (χ4v) is 4.37. The number of fused-ring (bicyclic) bond motifs is 1. The van der Waals surface area contributed by atoms with Crippen molar-refractivity contribution in [3.8, 4) is 0 Å². The van der Waals surface area contributed by atoms with E-state index in [2.05, 4.69) is 25.3 Å². The number of H-pyrrole nitrogens is 1. The van der Waals surface area contributed by atoms with E-state index in [0.717, 1.165) is 12.1 Å². The monoisotopic (exact) mass is 411 g/mol. The minimum absolute atomic E-state index is 0.176. The van der Waals surface area contributed by atoms with Crippen molar-refractivity contribution in [2.45, 2.75) is 58.4 Å². The second-order valence-corrected chi connectivity index (χ2v) is 8.48. The molecular weight excluding hydrogens is 386 g/mol. The number of nitrogens with one attached hydrogen (secondary N) is 2. The van der Waals surface area contributed by atoms with Crippen LogP contribution < -0.4 is 5.32 Å². The van der Waals surface area contributed by atoms with Gasteiger partial charge in [0, 0.05) is 17.9 Å². The van der Waals surface area contributed by atoms with E-state index in [9.17, 15) is 4.79 Å². The molecule has 3 heterocycles. The van der Waals surface area contributed by atoms with Crippen LogP contribution in [0.4, 0.5) is 5.82 Å². The second kappa shape index (κ2) is 8.49. The molecule has 0 aromatic carbocycles. The van der Waals surface area contributed by atoms with Crippen LogP contribution in [0.15, 0.2) is 24.7 Å². The summed E-state index contributed by atoms with van der Waals surface area (Å²) in [4.78, 5) is 29.4. The fourth-order valence-electron chi connectivity index (χ4n) is 4.11. The van der Waals surface area contributed by atoms with Crippen LogP contribution in [0.2, 0.25) is 5.15 Å². The summed E-state index contributed by atoms with van der Waals surface area (Å²) in [6.07, 6.45) is 10.5. The number of aromatic nitrogens is 4. The van der Waals surface area contributed by atoms with Crippen molar-refractivity contribution < 1.29 is 4.79 Å². The Labute approximate surface area is 175 Å². The third-order valence-corrected chi connectivity index (χ3v) is 5.80. The Morgan fingerprint density at radius 3 is 2.72 bits per heavy atom. The van der Waals surface area contributed by atoms with Crippen LogP contribution in [0.25, 0.3) is 11.0 Å². The summed E-state index contributed by atoms with van der Waals surface area (Å²) in [6.45, 7) is 4.04. The van der Waals surface area contributed by atoms with E-state index < -0.39 is 0 Å². The van der Waals surface area contributed by atoms with Gasteiger partial charge in [-0.2, -0.15) is 0 Å². The molecule has 2 N–H and O–H groups in total. The lowest BCUT2D eigenvalue weighted by atomic mass is 9.86. The largest absolute Gasteiger partial charge is 0.367 e. The summed E-state index contributed by atoms with van der Waals surface area (Å²) in [6, 6.07) is 3.91. The number of carbonyl (C=O) groups excluding carboxylic acids is 1.